The van der Waals surface area contributed by atoms with Crippen LogP contribution in [0.25, 0.3) is 0 Å². The number of hydrogen-bond acceptors (Lipinski definition) is 3. The predicted molar refractivity (Wildman–Crippen MR) is 81.3 cm³/mol. The monoisotopic (exact) mass is 259 g/mol. The van der Waals surface area contributed by atoms with Crippen molar-refractivity contribution in [2.45, 2.75) is 53.2 Å². The minimum absolute atomic E-state index is 0.400. The van der Waals surface area contributed by atoms with Gasteiger partial charge < -0.3 is 10.2 Å². The van der Waals surface area contributed by atoms with Crippen LogP contribution in [0.15, 0.2) is 18.2 Å². The van der Waals surface area contributed by atoms with Crippen LogP contribution in [-0.4, -0.2) is 18.6 Å². The Balaban J connectivity index is 3.00. The van der Waals surface area contributed by atoms with E-state index in [9.17, 15) is 5.26 Å². The number of anilines is 1. The van der Waals surface area contributed by atoms with Gasteiger partial charge in [-0.25, -0.2) is 0 Å². The molecule has 0 fully saturated rings. The highest BCUT2D eigenvalue weighted by molar-refractivity contribution is 5.61. The van der Waals surface area contributed by atoms with Gasteiger partial charge in [0.2, 0.25) is 0 Å². The summed E-state index contributed by atoms with van der Waals surface area (Å²) < 4.78 is 0. The van der Waals surface area contributed by atoms with E-state index in [1.807, 2.05) is 6.07 Å². The molecule has 104 valence electrons. The average Bonchev–Trinajstić information content (AvgIpc) is 2.37. The Morgan fingerprint density at radius 1 is 1.26 bits per heavy atom. The van der Waals surface area contributed by atoms with Crippen LogP contribution in [-0.2, 0) is 6.54 Å². The summed E-state index contributed by atoms with van der Waals surface area (Å²) in [6.07, 6.45) is 0. The number of nitrogens with zero attached hydrogens (tertiary/aromatic N) is 2. The fraction of sp³-hybridized carbons (Fsp3) is 0.562. The van der Waals surface area contributed by atoms with Crippen molar-refractivity contribution < 1.29 is 0 Å². The minimum atomic E-state index is 0.400. The molecule has 0 aromatic heterocycles. The Bertz CT molecular complexity index is 444. The quantitative estimate of drug-likeness (QED) is 0.852. The zero-order valence-corrected chi connectivity index (χ0v) is 12.7. The lowest BCUT2D eigenvalue weighted by molar-refractivity contribution is 0.588. The van der Waals surface area contributed by atoms with Gasteiger partial charge in [0.05, 0.1) is 11.3 Å². The molecule has 0 saturated carbocycles. The van der Waals surface area contributed by atoms with E-state index in [1.165, 1.54) is 0 Å². The highest BCUT2D eigenvalue weighted by Gasteiger charge is 2.13. The van der Waals surface area contributed by atoms with E-state index in [0.29, 0.717) is 12.1 Å². The van der Waals surface area contributed by atoms with Crippen LogP contribution in [0.1, 0.15) is 45.7 Å². The predicted octanol–water partition coefficient (Wildman–Crippen LogP) is 3.29. The lowest BCUT2D eigenvalue weighted by Gasteiger charge is -2.28. The molecule has 0 spiro atoms. The maximum Gasteiger partial charge on any atom is 0.101 e. The molecule has 0 radical (unpaired) electrons. The van der Waals surface area contributed by atoms with Gasteiger partial charge in [-0.1, -0.05) is 19.9 Å². The van der Waals surface area contributed by atoms with E-state index in [2.05, 4.69) is 63.0 Å². The van der Waals surface area contributed by atoms with Crippen LogP contribution in [0.5, 0.6) is 0 Å². The van der Waals surface area contributed by atoms with Crippen LogP contribution in [0, 0.1) is 11.3 Å². The zero-order valence-electron chi connectivity index (χ0n) is 12.7. The normalized spacial score (nSPS) is 10.8. The van der Waals surface area contributed by atoms with Gasteiger partial charge in [-0.05, 0) is 38.5 Å². The van der Waals surface area contributed by atoms with E-state index in [1.54, 1.807) is 0 Å². The molecule has 1 rings (SSSR count). The highest BCUT2D eigenvalue weighted by Crippen LogP contribution is 2.23. The van der Waals surface area contributed by atoms with Crippen molar-refractivity contribution in [3.63, 3.8) is 0 Å². The third-order valence-corrected chi connectivity index (χ3v) is 3.17. The molecule has 19 heavy (non-hydrogen) atoms. The molecular weight excluding hydrogens is 234 g/mol. The molecule has 0 aliphatic carbocycles. The van der Waals surface area contributed by atoms with Gasteiger partial charge in [0.15, 0.2) is 0 Å². The van der Waals surface area contributed by atoms with Crippen molar-refractivity contribution in [2.24, 2.45) is 0 Å². The number of benzene rings is 1. The van der Waals surface area contributed by atoms with Crippen LogP contribution >= 0.6 is 0 Å². The first-order valence-electron chi connectivity index (χ1n) is 7.02. The molecule has 0 aliphatic heterocycles. The Morgan fingerprint density at radius 2 is 1.95 bits per heavy atom. The molecule has 0 unspecified atom stereocenters. The van der Waals surface area contributed by atoms with Crippen LogP contribution < -0.4 is 10.2 Å². The SMILES string of the molecule is CCN(c1ccc(CNC(C)C)cc1C#N)C(C)C. The summed E-state index contributed by atoms with van der Waals surface area (Å²) in [5, 5.41) is 12.7. The maximum atomic E-state index is 9.35. The molecule has 1 N–H and O–H groups in total. The van der Waals surface area contributed by atoms with Gasteiger partial charge in [0.1, 0.15) is 6.07 Å². The first-order valence-corrected chi connectivity index (χ1v) is 7.02. The third kappa shape index (κ3) is 4.25. The smallest absolute Gasteiger partial charge is 0.101 e. The second kappa shape index (κ2) is 7.16. The fourth-order valence-electron chi connectivity index (χ4n) is 2.17. The van der Waals surface area contributed by atoms with Gasteiger partial charge in [0.25, 0.3) is 0 Å². The first kappa shape index (κ1) is 15.5. The van der Waals surface area contributed by atoms with Crippen molar-refractivity contribution in [1.29, 1.82) is 5.26 Å². The van der Waals surface area contributed by atoms with Crippen molar-refractivity contribution in [2.75, 3.05) is 11.4 Å². The van der Waals surface area contributed by atoms with E-state index >= 15 is 0 Å². The number of nitriles is 1. The molecule has 0 heterocycles. The number of hydrogen-bond donors (Lipinski definition) is 1. The summed E-state index contributed by atoms with van der Waals surface area (Å²) in [7, 11) is 0. The van der Waals surface area contributed by atoms with E-state index in [4.69, 9.17) is 0 Å². The van der Waals surface area contributed by atoms with E-state index < -0.39 is 0 Å². The zero-order chi connectivity index (χ0) is 14.4. The maximum absolute atomic E-state index is 9.35. The number of nitrogens with one attached hydrogen (secondary N) is 1. The van der Waals surface area contributed by atoms with Gasteiger partial charge in [-0.3, -0.25) is 0 Å². The molecule has 3 nitrogen and oxygen atoms in total. The molecule has 1 aromatic carbocycles. The summed E-state index contributed by atoms with van der Waals surface area (Å²) in [5.41, 5.74) is 2.96. The lowest BCUT2D eigenvalue weighted by atomic mass is 10.1. The molecule has 3 heteroatoms. The Kier molecular flexibility index (Phi) is 5.85. The molecule has 0 atom stereocenters. The van der Waals surface area contributed by atoms with Crippen molar-refractivity contribution in [3.8, 4) is 6.07 Å². The summed E-state index contributed by atoms with van der Waals surface area (Å²) in [6.45, 7) is 12.4. The second-order valence-corrected chi connectivity index (χ2v) is 5.38. The number of rotatable bonds is 6. The Morgan fingerprint density at radius 3 is 2.42 bits per heavy atom. The van der Waals surface area contributed by atoms with Crippen LogP contribution in [0.3, 0.4) is 0 Å². The van der Waals surface area contributed by atoms with Crippen molar-refractivity contribution in [1.82, 2.24) is 5.32 Å². The van der Waals surface area contributed by atoms with Crippen molar-refractivity contribution >= 4 is 5.69 Å². The highest BCUT2D eigenvalue weighted by atomic mass is 15.1. The van der Waals surface area contributed by atoms with Gasteiger partial charge in [-0.2, -0.15) is 5.26 Å². The summed E-state index contributed by atoms with van der Waals surface area (Å²) in [4.78, 5) is 2.25. The summed E-state index contributed by atoms with van der Waals surface area (Å²) in [6, 6.07) is 9.35. The average molecular weight is 259 g/mol. The fourth-order valence-corrected chi connectivity index (χ4v) is 2.17. The van der Waals surface area contributed by atoms with Gasteiger partial charge >= 0.3 is 0 Å². The molecular formula is C16H25N3. The van der Waals surface area contributed by atoms with E-state index in [-0.39, 0.29) is 0 Å². The Hall–Kier alpha value is -1.53. The molecule has 0 bridgehead atoms. The standard InChI is InChI=1S/C16H25N3/c1-6-19(13(4)5)16-8-7-14(9-15(16)10-17)11-18-12(2)3/h7-9,12-13,18H,6,11H2,1-5H3. The molecule has 0 aliphatic rings. The molecule has 0 amide bonds. The topological polar surface area (TPSA) is 39.1 Å². The van der Waals surface area contributed by atoms with Gasteiger partial charge in [0, 0.05) is 25.2 Å². The van der Waals surface area contributed by atoms with E-state index in [0.717, 1.165) is 29.9 Å². The Labute approximate surface area is 117 Å². The summed E-state index contributed by atoms with van der Waals surface area (Å²) in [5.74, 6) is 0. The third-order valence-electron chi connectivity index (χ3n) is 3.17. The van der Waals surface area contributed by atoms with Crippen LogP contribution in [0.2, 0.25) is 0 Å². The molecule has 0 saturated heterocycles. The van der Waals surface area contributed by atoms with Gasteiger partial charge in [-0.15, -0.1) is 0 Å². The minimum Gasteiger partial charge on any atom is -0.368 e. The largest absolute Gasteiger partial charge is 0.368 e. The summed E-state index contributed by atoms with van der Waals surface area (Å²) >= 11 is 0. The molecule has 1 aromatic rings. The van der Waals surface area contributed by atoms with Crippen molar-refractivity contribution in [3.05, 3.63) is 29.3 Å². The van der Waals surface area contributed by atoms with Crippen LogP contribution in [0.4, 0.5) is 5.69 Å². The lowest BCUT2D eigenvalue weighted by Crippen LogP contribution is -2.31. The first-order chi connectivity index (χ1) is 8.99. The second-order valence-electron chi connectivity index (χ2n) is 5.38.